The van der Waals surface area contributed by atoms with Gasteiger partial charge >= 0.3 is 0 Å². The van der Waals surface area contributed by atoms with Crippen LogP contribution in [0.3, 0.4) is 0 Å². The number of benzene rings is 2. The van der Waals surface area contributed by atoms with Gasteiger partial charge in [-0.2, -0.15) is 5.10 Å². The molecule has 144 valence electrons. The van der Waals surface area contributed by atoms with Gasteiger partial charge in [-0.3, -0.25) is 4.79 Å². The lowest BCUT2D eigenvalue weighted by atomic mass is 10.2. The Morgan fingerprint density at radius 3 is 2.48 bits per heavy atom. The summed E-state index contributed by atoms with van der Waals surface area (Å²) in [5.41, 5.74) is 3.73. The Morgan fingerprint density at radius 1 is 1.07 bits per heavy atom. The minimum atomic E-state index is -0.300. The molecule has 1 amide bonds. The van der Waals surface area contributed by atoms with Crippen LogP contribution >= 0.6 is 0 Å². The molecular weight excluding hydrogens is 344 g/mol. The predicted molar refractivity (Wildman–Crippen MR) is 106 cm³/mol. The monoisotopic (exact) mass is 370 g/mol. The first kappa shape index (κ1) is 20.3. The zero-order valence-electron chi connectivity index (χ0n) is 16.0. The highest BCUT2D eigenvalue weighted by atomic mass is 16.5. The van der Waals surface area contributed by atoms with Crippen LogP contribution < -0.4 is 19.6 Å². The van der Waals surface area contributed by atoms with Gasteiger partial charge in [-0.25, -0.2) is 5.43 Å². The molecule has 0 aliphatic heterocycles. The summed E-state index contributed by atoms with van der Waals surface area (Å²) >= 11 is 0. The number of nitrogens with one attached hydrogen (secondary N) is 1. The van der Waals surface area contributed by atoms with Crippen LogP contribution in [0.25, 0.3) is 0 Å². The van der Waals surface area contributed by atoms with Crippen LogP contribution in [0.5, 0.6) is 17.2 Å². The van der Waals surface area contributed by atoms with E-state index in [1.54, 1.807) is 43.5 Å². The highest BCUT2D eigenvalue weighted by molar-refractivity contribution is 5.95. The molecular formula is C21H26N2O4. The van der Waals surface area contributed by atoms with E-state index in [2.05, 4.69) is 17.5 Å². The van der Waals surface area contributed by atoms with Gasteiger partial charge in [-0.1, -0.05) is 13.3 Å². The van der Waals surface area contributed by atoms with Crippen molar-refractivity contribution in [2.45, 2.75) is 26.7 Å². The van der Waals surface area contributed by atoms with Crippen LogP contribution in [0.4, 0.5) is 0 Å². The van der Waals surface area contributed by atoms with Gasteiger partial charge in [0, 0.05) is 11.1 Å². The van der Waals surface area contributed by atoms with Crippen molar-refractivity contribution < 1.29 is 19.0 Å². The molecule has 0 bridgehead atoms. The van der Waals surface area contributed by atoms with Crippen molar-refractivity contribution in [3.8, 4) is 17.2 Å². The van der Waals surface area contributed by atoms with E-state index in [0.717, 1.165) is 18.6 Å². The molecule has 0 radical (unpaired) electrons. The first-order chi connectivity index (χ1) is 13.2. The molecule has 6 nitrogen and oxygen atoms in total. The van der Waals surface area contributed by atoms with Crippen molar-refractivity contribution >= 4 is 12.1 Å². The summed E-state index contributed by atoms with van der Waals surface area (Å²) in [6.45, 7) is 5.27. The van der Waals surface area contributed by atoms with Crippen molar-refractivity contribution in [1.82, 2.24) is 5.43 Å². The normalized spacial score (nSPS) is 10.6. The fraction of sp³-hybridized carbons (Fsp3) is 0.333. The van der Waals surface area contributed by atoms with E-state index >= 15 is 0 Å². The van der Waals surface area contributed by atoms with Crippen molar-refractivity contribution in [3.05, 3.63) is 53.6 Å². The summed E-state index contributed by atoms with van der Waals surface area (Å²) in [6, 6.07) is 12.4. The fourth-order valence-corrected chi connectivity index (χ4v) is 2.33. The Hall–Kier alpha value is -3.02. The highest BCUT2D eigenvalue weighted by Crippen LogP contribution is 2.22. The first-order valence-corrected chi connectivity index (χ1v) is 9.05. The van der Waals surface area contributed by atoms with Gasteiger partial charge in [0.15, 0.2) is 0 Å². The summed E-state index contributed by atoms with van der Waals surface area (Å²) in [6.07, 6.45) is 3.61. The number of carbonyl (C=O) groups is 1. The summed E-state index contributed by atoms with van der Waals surface area (Å²) in [4.78, 5) is 12.2. The van der Waals surface area contributed by atoms with Crippen LogP contribution in [-0.4, -0.2) is 32.4 Å². The van der Waals surface area contributed by atoms with Crippen molar-refractivity contribution in [3.63, 3.8) is 0 Å². The number of nitrogens with zero attached hydrogens (tertiary/aromatic N) is 1. The lowest BCUT2D eigenvalue weighted by molar-refractivity contribution is 0.0955. The Balaban J connectivity index is 1.97. The minimum Gasteiger partial charge on any atom is -0.496 e. The molecule has 2 aromatic carbocycles. The topological polar surface area (TPSA) is 69.2 Å². The average molecular weight is 370 g/mol. The lowest BCUT2D eigenvalue weighted by Crippen LogP contribution is -2.17. The van der Waals surface area contributed by atoms with Gasteiger partial charge in [0.25, 0.3) is 5.91 Å². The van der Waals surface area contributed by atoms with E-state index in [1.807, 2.05) is 13.0 Å². The minimum absolute atomic E-state index is 0.300. The molecule has 0 fully saturated rings. The van der Waals surface area contributed by atoms with E-state index in [0.29, 0.717) is 35.8 Å². The zero-order valence-corrected chi connectivity index (χ0v) is 16.0. The fourth-order valence-electron chi connectivity index (χ4n) is 2.33. The maximum atomic E-state index is 12.2. The zero-order chi connectivity index (χ0) is 19.5. The Bertz CT molecular complexity index is 757. The third-order valence-corrected chi connectivity index (χ3v) is 3.77. The Kier molecular flexibility index (Phi) is 8.16. The summed E-state index contributed by atoms with van der Waals surface area (Å²) in [5, 5.41) is 4.02. The van der Waals surface area contributed by atoms with Gasteiger partial charge in [0.05, 0.1) is 26.5 Å². The van der Waals surface area contributed by atoms with Crippen LogP contribution in [0.15, 0.2) is 47.6 Å². The summed E-state index contributed by atoms with van der Waals surface area (Å²) in [5.74, 6) is 1.81. The first-order valence-electron chi connectivity index (χ1n) is 9.05. The quantitative estimate of drug-likeness (QED) is 0.389. The second-order valence-electron chi connectivity index (χ2n) is 5.76. The van der Waals surface area contributed by atoms with Crippen molar-refractivity contribution in [2.24, 2.45) is 5.10 Å². The molecule has 0 atom stereocenters. The molecule has 0 aliphatic carbocycles. The lowest BCUT2D eigenvalue weighted by Gasteiger charge is -2.08. The number of unbranched alkanes of at least 4 members (excludes halogenated alkanes) is 1. The number of methoxy groups -OCH3 is 1. The third kappa shape index (κ3) is 6.33. The molecule has 0 saturated carbocycles. The number of carbonyl (C=O) groups excluding carboxylic acids is 1. The van der Waals surface area contributed by atoms with E-state index in [9.17, 15) is 4.79 Å². The van der Waals surface area contributed by atoms with Crippen LogP contribution in [0.1, 0.15) is 42.6 Å². The van der Waals surface area contributed by atoms with Crippen LogP contribution in [0, 0.1) is 0 Å². The van der Waals surface area contributed by atoms with Crippen LogP contribution in [0.2, 0.25) is 0 Å². The van der Waals surface area contributed by atoms with E-state index in [-0.39, 0.29) is 5.91 Å². The molecule has 0 aliphatic rings. The Morgan fingerprint density at radius 2 is 1.81 bits per heavy atom. The van der Waals surface area contributed by atoms with Gasteiger partial charge < -0.3 is 14.2 Å². The van der Waals surface area contributed by atoms with Gasteiger partial charge in [-0.15, -0.1) is 0 Å². The third-order valence-electron chi connectivity index (χ3n) is 3.77. The number of rotatable bonds is 10. The molecule has 0 heterocycles. The number of hydrogen-bond donors (Lipinski definition) is 1. The molecule has 2 rings (SSSR count). The van der Waals surface area contributed by atoms with Crippen LogP contribution in [-0.2, 0) is 0 Å². The van der Waals surface area contributed by atoms with E-state index < -0.39 is 0 Å². The standard InChI is InChI=1S/C21H26N2O4/c1-4-6-13-27-18-9-7-16(8-10-18)21(24)23-22-15-17-14-19(26-5-2)11-12-20(17)25-3/h7-12,14-15H,4-6,13H2,1-3H3,(H,23,24)/b22-15-. The maximum absolute atomic E-state index is 12.2. The van der Waals surface area contributed by atoms with Gasteiger partial charge in [0.1, 0.15) is 17.2 Å². The highest BCUT2D eigenvalue weighted by Gasteiger charge is 2.06. The smallest absolute Gasteiger partial charge is 0.271 e. The molecule has 27 heavy (non-hydrogen) atoms. The molecule has 0 aromatic heterocycles. The summed E-state index contributed by atoms with van der Waals surface area (Å²) in [7, 11) is 1.58. The SMILES string of the molecule is CCCCOc1ccc(C(=O)N/N=C\c2cc(OCC)ccc2OC)cc1. The van der Waals surface area contributed by atoms with Gasteiger partial charge in [-0.05, 0) is 55.8 Å². The number of hydrazone groups is 1. The van der Waals surface area contributed by atoms with Crippen molar-refractivity contribution in [1.29, 1.82) is 0 Å². The van der Waals surface area contributed by atoms with Crippen molar-refractivity contribution in [2.75, 3.05) is 20.3 Å². The molecule has 0 unspecified atom stereocenters. The number of ether oxygens (including phenoxy) is 3. The van der Waals surface area contributed by atoms with E-state index in [1.165, 1.54) is 6.21 Å². The largest absolute Gasteiger partial charge is 0.496 e. The van der Waals surface area contributed by atoms with E-state index in [4.69, 9.17) is 14.2 Å². The molecule has 0 spiro atoms. The average Bonchev–Trinajstić information content (AvgIpc) is 2.69. The predicted octanol–water partition coefficient (Wildman–Crippen LogP) is 4.04. The van der Waals surface area contributed by atoms with Gasteiger partial charge in [0.2, 0.25) is 0 Å². The summed E-state index contributed by atoms with van der Waals surface area (Å²) < 4.78 is 16.4. The number of amides is 1. The Labute approximate surface area is 160 Å². The second kappa shape index (κ2) is 10.9. The molecule has 0 saturated heterocycles. The maximum Gasteiger partial charge on any atom is 0.271 e. The molecule has 6 heteroatoms. The number of hydrogen-bond acceptors (Lipinski definition) is 5. The second-order valence-corrected chi connectivity index (χ2v) is 5.76. The molecule has 1 N–H and O–H groups in total. The molecule has 2 aromatic rings.